The Morgan fingerprint density at radius 3 is 2.50 bits per heavy atom. The van der Waals surface area contributed by atoms with Crippen LogP contribution in [0.1, 0.15) is 18.7 Å². The molecule has 3 heterocycles. The first kappa shape index (κ1) is 19.0. The molecule has 28 heavy (non-hydrogen) atoms. The standard InChI is InChI=1S/C19H25ClN6O2/c20-15-4-6-16(7-5-15)21-18(27)24-12-9-23(10-13-24)11-14-26-19(28)25-8-2-1-3-17(25)22-26/h4-7H,1-3,8-14H2,(H,21,27). The molecule has 0 bridgehead atoms. The van der Waals surface area contributed by atoms with Crippen LogP contribution in [-0.2, 0) is 19.5 Å². The molecule has 0 saturated carbocycles. The van der Waals surface area contributed by atoms with Gasteiger partial charge in [0, 0.05) is 56.4 Å². The van der Waals surface area contributed by atoms with Gasteiger partial charge in [-0.05, 0) is 37.1 Å². The number of carbonyl (C=O) groups excluding carboxylic acids is 1. The van der Waals surface area contributed by atoms with Gasteiger partial charge in [0.25, 0.3) is 0 Å². The molecular formula is C19H25ClN6O2. The van der Waals surface area contributed by atoms with Crippen LogP contribution in [0.3, 0.4) is 0 Å². The van der Waals surface area contributed by atoms with Gasteiger partial charge in [0.2, 0.25) is 0 Å². The summed E-state index contributed by atoms with van der Waals surface area (Å²) in [5.41, 5.74) is 0.746. The first-order valence-electron chi connectivity index (χ1n) is 9.80. The third kappa shape index (κ3) is 4.23. The molecule has 150 valence electrons. The zero-order valence-corrected chi connectivity index (χ0v) is 16.6. The molecule has 0 atom stereocenters. The number of aromatic nitrogens is 3. The lowest BCUT2D eigenvalue weighted by Crippen LogP contribution is -2.50. The molecular weight excluding hydrogens is 380 g/mol. The molecule has 9 heteroatoms. The predicted octanol–water partition coefficient (Wildman–Crippen LogP) is 1.88. The van der Waals surface area contributed by atoms with E-state index in [1.807, 2.05) is 9.47 Å². The third-order valence-electron chi connectivity index (χ3n) is 5.41. The zero-order valence-electron chi connectivity index (χ0n) is 15.8. The van der Waals surface area contributed by atoms with Crippen molar-refractivity contribution in [2.24, 2.45) is 0 Å². The normalized spacial score (nSPS) is 17.4. The molecule has 2 aromatic rings. The number of nitrogens with one attached hydrogen (secondary N) is 1. The molecule has 0 radical (unpaired) electrons. The first-order valence-corrected chi connectivity index (χ1v) is 10.2. The van der Waals surface area contributed by atoms with Crippen LogP contribution in [0.25, 0.3) is 0 Å². The van der Waals surface area contributed by atoms with E-state index in [0.717, 1.165) is 57.0 Å². The predicted molar refractivity (Wildman–Crippen MR) is 108 cm³/mol. The Labute approximate surface area is 168 Å². The minimum atomic E-state index is -0.0973. The van der Waals surface area contributed by atoms with E-state index in [1.54, 1.807) is 28.9 Å². The van der Waals surface area contributed by atoms with Gasteiger partial charge in [0.1, 0.15) is 5.82 Å². The number of rotatable bonds is 4. The van der Waals surface area contributed by atoms with Gasteiger partial charge in [-0.15, -0.1) is 0 Å². The SMILES string of the molecule is O=C(Nc1ccc(Cl)cc1)N1CCN(CCn2nc3n(c2=O)CCCC3)CC1. The Hall–Kier alpha value is -2.32. The van der Waals surface area contributed by atoms with E-state index in [9.17, 15) is 9.59 Å². The first-order chi connectivity index (χ1) is 13.6. The number of halogens is 1. The highest BCUT2D eigenvalue weighted by Crippen LogP contribution is 2.14. The Bertz CT molecular complexity index is 883. The van der Waals surface area contributed by atoms with Crippen LogP contribution in [-0.4, -0.2) is 62.9 Å². The van der Waals surface area contributed by atoms with Crippen LogP contribution in [0.15, 0.2) is 29.1 Å². The molecule has 0 aliphatic carbocycles. The number of hydrogen-bond acceptors (Lipinski definition) is 4. The third-order valence-corrected chi connectivity index (χ3v) is 5.67. The second-order valence-electron chi connectivity index (χ2n) is 7.30. The average molecular weight is 405 g/mol. The highest BCUT2D eigenvalue weighted by Gasteiger charge is 2.22. The summed E-state index contributed by atoms with van der Waals surface area (Å²) >= 11 is 5.87. The van der Waals surface area contributed by atoms with E-state index in [0.29, 0.717) is 24.7 Å². The van der Waals surface area contributed by atoms with E-state index in [4.69, 9.17) is 11.6 Å². The summed E-state index contributed by atoms with van der Waals surface area (Å²) in [6.45, 7) is 5.04. The summed E-state index contributed by atoms with van der Waals surface area (Å²) in [7, 11) is 0. The van der Waals surface area contributed by atoms with Gasteiger partial charge >= 0.3 is 11.7 Å². The Balaban J connectivity index is 1.25. The van der Waals surface area contributed by atoms with Crippen molar-refractivity contribution < 1.29 is 4.79 Å². The number of carbonyl (C=O) groups is 1. The monoisotopic (exact) mass is 404 g/mol. The molecule has 0 spiro atoms. The summed E-state index contributed by atoms with van der Waals surface area (Å²) < 4.78 is 3.41. The van der Waals surface area contributed by atoms with Crippen LogP contribution in [0, 0.1) is 0 Å². The topological polar surface area (TPSA) is 75.4 Å². The summed E-state index contributed by atoms with van der Waals surface area (Å²) in [6, 6.07) is 6.99. The van der Waals surface area contributed by atoms with Gasteiger partial charge in [-0.1, -0.05) is 11.6 Å². The van der Waals surface area contributed by atoms with Gasteiger partial charge in [-0.3, -0.25) is 9.47 Å². The maximum absolute atomic E-state index is 12.4. The maximum atomic E-state index is 12.4. The van der Waals surface area contributed by atoms with Crippen molar-refractivity contribution in [3.05, 3.63) is 45.6 Å². The summed E-state index contributed by atoms with van der Waals surface area (Å²) in [5, 5.41) is 8.03. The minimum Gasteiger partial charge on any atom is -0.322 e. The van der Waals surface area contributed by atoms with Gasteiger partial charge in [0.05, 0.1) is 6.54 Å². The number of anilines is 1. The highest BCUT2D eigenvalue weighted by atomic mass is 35.5. The molecule has 2 amide bonds. The molecule has 1 aromatic carbocycles. The number of nitrogens with zero attached hydrogens (tertiary/aromatic N) is 5. The van der Waals surface area contributed by atoms with E-state index < -0.39 is 0 Å². The van der Waals surface area contributed by atoms with Crippen molar-refractivity contribution in [2.45, 2.75) is 32.4 Å². The highest BCUT2D eigenvalue weighted by molar-refractivity contribution is 6.30. The number of urea groups is 1. The quantitative estimate of drug-likeness (QED) is 0.844. The van der Waals surface area contributed by atoms with Crippen molar-refractivity contribution in [2.75, 3.05) is 38.0 Å². The number of piperazine rings is 1. The largest absolute Gasteiger partial charge is 0.345 e. The van der Waals surface area contributed by atoms with Crippen molar-refractivity contribution in [3.8, 4) is 0 Å². The fraction of sp³-hybridized carbons (Fsp3) is 0.526. The van der Waals surface area contributed by atoms with Crippen LogP contribution in [0.2, 0.25) is 5.02 Å². The second kappa shape index (κ2) is 8.36. The molecule has 1 aromatic heterocycles. The van der Waals surface area contributed by atoms with Gasteiger partial charge in [-0.2, -0.15) is 5.10 Å². The molecule has 8 nitrogen and oxygen atoms in total. The van der Waals surface area contributed by atoms with Gasteiger partial charge in [-0.25, -0.2) is 14.3 Å². The molecule has 1 N–H and O–H groups in total. The fourth-order valence-corrected chi connectivity index (χ4v) is 3.87. The Morgan fingerprint density at radius 1 is 1.04 bits per heavy atom. The van der Waals surface area contributed by atoms with Crippen LogP contribution >= 0.6 is 11.6 Å². The summed E-state index contributed by atoms with van der Waals surface area (Å²) in [6.07, 6.45) is 3.05. The lowest BCUT2D eigenvalue weighted by Gasteiger charge is -2.34. The van der Waals surface area contributed by atoms with Gasteiger partial charge in [0.15, 0.2) is 0 Å². The second-order valence-corrected chi connectivity index (χ2v) is 7.73. The van der Waals surface area contributed by atoms with Crippen molar-refractivity contribution in [1.82, 2.24) is 24.1 Å². The van der Waals surface area contributed by atoms with Crippen LogP contribution in [0.4, 0.5) is 10.5 Å². The van der Waals surface area contributed by atoms with E-state index in [-0.39, 0.29) is 11.7 Å². The lowest BCUT2D eigenvalue weighted by atomic mass is 10.2. The van der Waals surface area contributed by atoms with E-state index in [1.165, 1.54) is 0 Å². The molecule has 2 aliphatic heterocycles. The van der Waals surface area contributed by atoms with Crippen molar-refractivity contribution in [1.29, 1.82) is 0 Å². The maximum Gasteiger partial charge on any atom is 0.345 e. The summed E-state index contributed by atoms with van der Waals surface area (Å²) in [5.74, 6) is 0.917. The number of aryl methyl sites for hydroxylation is 1. The smallest absolute Gasteiger partial charge is 0.322 e. The Morgan fingerprint density at radius 2 is 1.79 bits per heavy atom. The Kier molecular flexibility index (Phi) is 5.68. The number of hydrogen-bond donors (Lipinski definition) is 1. The van der Waals surface area contributed by atoms with Crippen molar-refractivity contribution >= 4 is 23.3 Å². The number of benzene rings is 1. The molecule has 1 saturated heterocycles. The molecule has 4 rings (SSSR count). The van der Waals surface area contributed by atoms with Gasteiger partial charge < -0.3 is 10.2 Å². The molecule has 2 aliphatic rings. The van der Waals surface area contributed by atoms with Crippen LogP contribution < -0.4 is 11.0 Å². The minimum absolute atomic E-state index is 0.00989. The summed E-state index contributed by atoms with van der Waals surface area (Å²) in [4.78, 5) is 28.9. The zero-order chi connectivity index (χ0) is 19.5. The van der Waals surface area contributed by atoms with E-state index >= 15 is 0 Å². The lowest BCUT2D eigenvalue weighted by molar-refractivity contribution is 0.143. The van der Waals surface area contributed by atoms with Crippen molar-refractivity contribution in [3.63, 3.8) is 0 Å². The average Bonchev–Trinajstić information content (AvgIpc) is 3.04. The molecule has 0 unspecified atom stereocenters. The number of amides is 2. The number of fused-ring (bicyclic) bond motifs is 1. The van der Waals surface area contributed by atoms with Crippen LogP contribution in [0.5, 0.6) is 0 Å². The fourth-order valence-electron chi connectivity index (χ4n) is 3.74. The van der Waals surface area contributed by atoms with E-state index in [2.05, 4.69) is 15.3 Å². The molecule has 1 fully saturated rings.